The third-order valence-corrected chi connectivity index (χ3v) is 2.76. The number of benzene rings is 2. The molecule has 5 nitrogen and oxygen atoms in total. The number of para-hydroxylation sites is 2. The molecule has 5 heteroatoms. The van der Waals surface area contributed by atoms with Crippen LogP contribution in [0.15, 0.2) is 48.5 Å². The number of carboxylic acids is 1. The van der Waals surface area contributed by atoms with Crippen molar-refractivity contribution < 1.29 is 19.4 Å². The number of esters is 1. The van der Waals surface area contributed by atoms with Gasteiger partial charge in [0.05, 0.1) is 29.6 Å². The molecule has 2 aromatic carbocycles. The molecule has 0 radical (unpaired) electrons. The first-order chi connectivity index (χ1) is 9.63. The predicted molar refractivity (Wildman–Crippen MR) is 74.5 cm³/mol. The molecule has 0 saturated heterocycles. The molecule has 102 valence electrons. The van der Waals surface area contributed by atoms with Crippen LogP contribution in [0.1, 0.15) is 20.7 Å². The van der Waals surface area contributed by atoms with Crippen molar-refractivity contribution in [2.24, 2.45) is 0 Å². The molecule has 0 atom stereocenters. The smallest absolute Gasteiger partial charge is 0.339 e. The van der Waals surface area contributed by atoms with Crippen LogP contribution in [-0.2, 0) is 4.74 Å². The first-order valence-electron chi connectivity index (χ1n) is 5.90. The van der Waals surface area contributed by atoms with E-state index in [0.29, 0.717) is 16.9 Å². The Kier molecular flexibility index (Phi) is 4.00. The Morgan fingerprint density at radius 1 is 0.950 bits per heavy atom. The molecule has 2 aromatic rings. The number of methoxy groups -OCH3 is 1. The van der Waals surface area contributed by atoms with Gasteiger partial charge in [0.1, 0.15) is 0 Å². The van der Waals surface area contributed by atoms with Crippen LogP contribution in [0.25, 0.3) is 0 Å². The van der Waals surface area contributed by atoms with E-state index in [1.807, 2.05) is 0 Å². The zero-order chi connectivity index (χ0) is 14.5. The third kappa shape index (κ3) is 2.77. The van der Waals surface area contributed by atoms with Crippen LogP contribution in [0.5, 0.6) is 0 Å². The molecule has 0 heterocycles. The van der Waals surface area contributed by atoms with Crippen molar-refractivity contribution in [3.05, 3.63) is 59.7 Å². The van der Waals surface area contributed by atoms with Crippen LogP contribution in [0, 0.1) is 0 Å². The normalized spacial score (nSPS) is 9.85. The van der Waals surface area contributed by atoms with E-state index in [4.69, 9.17) is 9.84 Å². The average molecular weight is 271 g/mol. The standard InChI is InChI=1S/C15H13NO4/c1-20-15(19)11-7-3-5-9-13(11)16-12-8-4-2-6-10(12)14(17)18/h2-9,16H,1H3,(H,17,18). The summed E-state index contributed by atoms with van der Waals surface area (Å²) in [5, 5.41) is 12.1. The predicted octanol–water partition coefficient (Wildman–Crippen LogP) is 2.92. The Balaban J connectivity index is 2.41. The van der Waals surface area contributed by atoms with Crippen molar-refractivity contribution >= 4 is 23.3 Å². The summed E-state index contributed by atoms with van der Waals surface area (Å²) >= 11 is 0. The lowest BCUT2D eigenvalue weighted by molar-refractivity contribution is 0.0601. The highest BCUT2D eigenvalue weighted by atomic mass is 16.5. The van der Waals surface area contributed by atoms with E-state index < -0.39 is 11.9 Å². The quantitative estimate of drug-likeness (QED) is 0.836. The highest BCUT2D eigenvalue weighted by molar-refractivity contribution is 5.99. The van der Waals surface area contributed by atoms with E-state index in [2.05, 4.69) is 5.32 Å². The van der Waals surface area contributed by atoms with Gasteiger partial charge in [0.15, 0.2) is 0 Å². The highest BCUT2D eigenvalue weighted by Crippen LogP contribution is 2.24. The Bertz CT molecular complexity index is 652. The van der Waals surface area contributed by atoms with Gasteiger partial charge in [-0.1, -0.05) is 24.3 Å². The van der Waals surface area contributed by atoms with Gasteiger partial charge < -0.3 is 15.2 Å². The monoisotopic (exact) mass is 271 g/mol. The lowest BCUT2D eigenvalue weighted by Gasteiger charge is -2.12. The molecule has 0 aliphatic heterocycles. The number of aromatic carboxylic acids is 1. The second-order valence-electron chi connectivity index (χ2n) is 4.01. The second kappa shape index (κ2) is 5.88. The molecule has 2 N–H and O–H groups in total. The third-order valence-electron chi connectivity index (χ3n) is 2.76. The SMILES string of the molecule is COC(=O)c1ccccc1Nc1ccccc1C(=O)O. The molecule has 0 spiro atoms. The Morgan fingerprint density at radius 3 is 2.00 bits per heavy atom. The van der Waals surface area contributed by atoms with Crippen LogP contribution < -0.4 is 5.32 Å². The van der Waals surface area contributed by atoms with E-state index in [-0.39, 0.29) is 5.56 Å². The molecule has 0 aromatic heterocycles. The number of carbonyl (C=O) groups is 2. The molecule has 0 saturated carbocycles. The minimum atomic E-state index is -1.04. The number of carbonyl (C=O) groups excluding carboxylic acids is 1. The summed E-state index contributed by atoms with van der Waals surface area (Å²) in [6.45, 7) is 0. The first kappa shape index (κ1) is 13.6. The van der Waals surface area contributed by atoms with Gasteiger partial charge in [-0.2, -0.15) is 0 Å². The van der Waals surface area contributed by atoms with Crippen LogP contribution in [0.4, 0.5) is 11.4 Å². The van der Waals surface area contributed by atoms with Gasteiger partial charge in [-0.05, 0) is 24.3 Å². The number of anilines is 2. The van der Waals surface area contributed by atoms with Gasteiger partial charge in [-0.25, -0.2) is 9.59 Å². The summed E-state index contributed by atoms with van der Waals surface area (Å²) in [6.07, 6.45) is 0. The first-order valence-corrected chi connectivity index (χ1v) is 5.90. The maximum Gasteiger partial charge on any atom is 0.339 e. The molecule has 0 unspecified atom stereocenters. The van der Waals surface area contributed by atoms with E-state index in [0.717, 1.165) is 0 Å². The lowest BCUT2D eigenvalue weighted by atomic mass is 10.1. The highest BCUT2D eigenvalue weighted by Gasteiger charge is 2.14. The van der Waals surface area contributed by atoms with Gasteiger partial charge in [0.25, 0.3) is 0 Å². The van der Waals surface area contributed by atoms with Gasteiger partial charge in [-0.15, -0.1) is 0 Å². The molecule has 0 aliphatic carbocycles. The Morgan fingerprint density at radius 2 is 1.45 bits per heavy atom. The zero-order valence-electron chi connectivity index (χ0n) is 10.8. The van der Waals surface area contributed by atoms with Crippen molar-refractivity contribution in [1.29, 1.82) is 0 Å². The molecule has 20 heavy (non-hydrogen) atoms. The van der Waals surface area contributed by atoms with E-state index >= 15 is 0 Å². The summed E-state index contributed by atoms with van der Waals surface area (Å²) < 4.78 is 4.70. The molecular weight excluding hydrogens is 258 g/mol. The second-order valence-corrected chi connectivity index (χ2v) is 4.01. The van der Waals surface area contributed by atoms with Gasteiger partial charge >= 0.3 is 11.9 Å². The molecule has 0 amide bonds. The molecular formula is C15H13NO4. The number of hydrogen-bond acceptors (Lipinski definition) is 4. The Labute approximate surface area is 115 Å². The van der Waals surface area contributed by atoms with Gasteiger partial charge in [-0.3, -0.25) is 0 Å². The van der Waals surface area contributed by atoms with E-state index in [1.54, 1.807) is 42.5 Å². The van der Waals surface area contributed by atoms with Crippen LogP contribution >= 0.6 is 0 Å². The van der Waals surface area contributed by atoms with Crippen LogP contribution in [0.3, 0.4) is 0 Å². The topological polar surface area (TPSA) is 75.6 Å². The minimum absolute atomic E-state index is 0.132. The number of ether oxygens (including phenoxy) is 1. The summed E-state index contributed by atoms with van der Waals surface area (Å²) in [5.41, 5.74) is 1.38. The Hall–Kier alpha value is -2.82. The summed E-state index contributed by atoms with van der Waals surface area (Å²) in [5.74, 6) is -1.52. The largest absolute Gasteiger partial charge is 0.478 e. The fourth-order valence-corrected chi connectivity index (χ4v) is 1.80. The summed E-state index contributed by atoms with van der Waals surface area (Å²) in [4.78, 5) is 22.8. The average Bonchev–Trinajstić information content (AvgIpc) is 2.47. The van der Waals surface area contributed by atoms with Gasteiger partial charge in [0, 0.05) is 0 Å². The molecule has 2 rings (SSSR count). The summed E-state index contributed by atoms with van der Waals surface area (Å²) in [6, 6.07) is 13.2. The zero-order valence-corrected chi connectivity index (χ0v) is 10.8. The van der Waals surface area contributed by atoms with E-state index in [1.165, 1.54) is 13.2 Å². The minimum Gasteiger partial charge on any atom is -0.478 e. The number of carboxylic acid groups (broad SMARTS) is 1. The van der Waals surface area contributed by atoms with Crippen molar-refractivity contribution in [2.75, 3.05) is 12.4 Å². The van der Waals surface area contributed by atoms with Gasteiger partial charge in [0.2, 0.25) is 0 Å². The fraction of sp³-hybridized carbons (Fsp3) is 0.0667. The van der Waals surface area contributed by atoms with Crippen molar-refractivity contribution in [3.8, 4) is 0 Å². The number of nitrogens with one attached hydrogen (secondary N) is 1. The van der Waals surface area contributed by atoms with Crippen LogP contribution in [0.2, 0.25) is 0 Å². The van der Waals surface area contributed by atoms with Crippen molar-refractivity contribution in [2.45, 2.75) is 0 Å². The molecule has 0 fully saturated rings. The maximum absolute atomic E-state index is 11.7. The summed E-state index contributed by atoms with van der Waals surface area (Å²) in [7, 11) is 1.30. The van der Waals surface area contributed by atoms with Crippen molar-refractivity contribution in [1.82, 2.24) is 0 Å². The molecule has 0 bridgehead atoms. The van der Waals surface area contributed by atoms with Crippen LogP contribution in [-0.4, -0.2) is 24.2 Å². The van der Waals surface area contributed by atoms with E-state index in [9.17, 15) is 9.59 Å². The fourth-order valence-electron chi connectivity index (χ4n) is 1.80. The maximum atomic E-state index is 11.7. The number of rotatable bonds is 4. The molecule has 0 aliphatic rings. The number of hydrogen-bond donors (Lipinski definition) is 2. The van der Waals surface area contributed by atoms with Crippen molar-refractivity contribution in [3.63, 3.8) is 0 Å². The lowest BCUT2D eigenvalue weighted by Crippen LogP contribution is -2.07.